The Bertz CT molecular complexity index is 190. The van der Waals surface area contributed by atoms with Crippen LogP contribution in [0.25, 0.3) is 0 Å². The second-order valence-corrected chi connectivity index (χ2v) is 15.0. The molecule has 3 rings (SSSR count). The van der Waals surface area contributed by atoms with Gasteiger partial charge in [0.1, 0.15) is 0 Å². The molecular weight excluding hydrogens is 386 g/mol. The van der Waals surface area contributed by atoms with Gasteiger partial charge in [-0.25, -0.2) is 0 Å². The van der Waals surface area contributed by atoms with Crippen LogP contribution in [-0.4, -0.2) is 26.4 Å². The van der Waals surface area contributed by atoms with Gasteiger partial charge in [-0.2, -0.15) is 0 Å². The molecule has 2 saturated heterocycles. The Morgan fingerprint density at radius 3 is 1.05 bits per heavy atom. The summed E-state index contributed by atoms with van der Waals surface area (Å²) < 4.78 is 9.89. The first-order chi connectivity index (χ1) is 9.23. The quantitative estimate of drug-likeness (QED) is 0.565. The van der Waals surface area contributed by atoms with Crippen LogP contribution in [0.15, 0.2) is 24.3 Å². The first kappa shape index (κ1) is 20.2. The zero-order chi connectivity index (χ0) is 14.2. The maximum absolute atomic E-state index is 5.00. The first-order valence-corrected chi connectivity index (χ1v) is 15.9. The van der Waals surface area contributed by atoms with Crippen molar-refractivity contribution >= 4 is 25.5 Å². The molecule has 2 heterocycles. The van der Waals surface area contributed by atoms with Crippen molar-refractivity contribution in [2.75, 3.05) is 26.4 Å². The van der Waals surface area contributed by atoms with Crippen LogP contribution in [0.5, 0.6) is 0 Å². The van der Waals surface area contributed by atoms with Crippen LogP contribution in [0.3, 0.4) is 0 Å². The third-order valence-corrected chi connectivity index (χ3v) is 2.21. The Kier molecular flexibility index (Phi) is 18.2. The Morgan fingerprint density at radius 2 is 0.947 bits per heavy atom. The van der Waals surface area contributed by atoms with E-state index in [1.165, 1.54) is 25.7 Å². The fourth-order valence-corrected chi connectivity index (χ4v) is 1.34. The predicted molar refractivity (Wildman–Crippen MR) is 80.2 cm³/mol. The Morgan fingerprint density at radius 1 is 0.632 bits per heavy atom. The zero-order valence-corrected chi connectivity index (χ0v) is 15.7. The molecule has 0 atom stereocenters. The Balaban J connectivity index is 0.000000229. The summed E-state index contributed by atoms with van der Waals surface area (Å²) in [5, 5.41) is 0. The molecule has 6 heteroatoms. The van der Waals surface area contributed by atoms with E-state index in [1.807, 2.05) is 30.7 Å². The normalized spacial score (nSPS) is 18.7. The summed E-state index contributed by atoms with van der Waals surface area (Å²) in [6.07, 6.45) is 15.1. The zero-order valence-electron chi connectivity index (χ0n) is 11.0. The summed E-state index contributed by atoms with van der Waals surface area (Å²) in [6.45, 7) is 4.00. The fourth-order valence-electron chi connectivity index (χ4n) is 1.34. The molecule has 19 heavy (non-hydrogen) atoms. The third kappa shape index (κ3) is 21.6. The van der Waals surface area contributed by atoms with Crippen molar-refractivity contribution in [3.8, 4) is 0 Å². The Hall–Kier alpha value is 1.15. The molecule has 0 N–H and O–H groups in total. The summed E-state index contributed by atoms with van der Waals surface area (Å²) in [5.74, 6) is 0. The van der Waals surface area contributed by atoms with Crippen LogP contribution >= 0.6 is 25.5 Å². The number of rotatable bonds is 0. The van der Waals surface area contributed by atoms with E-state index in [0.29, 0.717) is 0 Å². The second kappa shape index (κ2) is 17.2. The van der Waals surface area contributed by atoms with E-state index in [2.05, 4.69) is 0 Å². The summed E-state index contributed by atoms with van der Waals surface area (Å²) in [4.78, 5) is 0. The average molecular weight is 407 g/mol. The molecule has 0 aromatic heterocycles. The molecule has 110 valence electrons. The summed E-state index contributed by atoms with van der Waals surface area (Å²) in [6, 6.07) is 0. The molecular formula is C13H21Cl3O2Zr. The van der Waals surface area contributed by atoms with Gasteiger partial charge >= 0.3 is 43.7 Å². The van der Waals surface area contributed by atoms with Gasteiger partial charge < -0.3 is 9.47 Å². The molecule has 0 spiro atoms. The van der Waals surface area contributed by atoms with Gasteiger partial charge in [0.15, 0.2) is 0 Å². The SMILES string of the molecule is C1CCOC1.C1CCOC1.[CH]1C=CC=C1.[Cl][Zr]([Cl])[Cl]. The van der Waals surface area contributed by atoms with E-state index in [-0.39, 0.29) is 0 Å². The molecule has 2 nitrogen and oxygen atoms in total. The van der Waals surface area contributed by atoms with Crippen LogP contribution in [0.4, 0.5) is 0 Å². The molecule has 0 saturated carbocycles. The van der Waals surface area contributed by atoms with Crippen LogP contribution in [0.1, 0.15) is 25.7 Å². The van der Waals surface area contributed by atoms with E-state index in [1.54, 1.807) is 0 Å². The minimum absolute atomic E-state index is 1.00. The molecule has 0 aromatic carbocycles. The standard InChI is InChI=1S/C5H5.2C4H8O.3ClH.Zr/c3*1-2-4-5-3-1;;;;/h1-5H;2*1-4H2;3*1H;/q;;;;;;+3/p-3. The number of allylic oxidation sites excluding steroid dienone is 4. The topological polar surface area (TPSA) is 18.5 Å². The van der Waals surface area contributed by atoms with Gasteiger partial charge in [0, 0.05) is 32.8 Å². The van der Waals surface area contributed by atoms with Gasteiger partial charge in [-0.05, 0) is 25.7 Å². The van der Waals surface area contributed by atoms with Crippen LogP contribution in [0, 0.1) is 6.42 Å². The van der Waals surface area contributed by atoms with Crippen molar-refractivity contribution in [2.24, 2.45) is 0 Å². The van der Waals surface area contributed by atoms with Crippen LogP contribution in [0.2, 0.25) is 0 Å². The predicted octanol–water partition coefficient (Wildman–Crippen LogP) is 4.98. The van der Waals surface area contributed by atoms with E-state index in [9.17, 15) is 0 Å². The molecule has 0 amide bonds. The molecule has 1 aliphatic carbocycles. The maximum atomic E-state index is 5.00. The monoisotopic (exact) mass is 404 g/mol. The van der Waals surface area contributed by atoms with Crippen molar-refractivity contribution in [1.82, 2.24) is 0 Å². The summed E-state index contributed by atoms with van der Waals surface area (Å²) in [5.41, 5.74) is 0. The average Bonchev–Trinajstić information content (AvgIpc) is 3.18. The van der Waals surface area contributed by atoms with Crippen molar-refractivity contribution in [3.05, 3.63) is 30.7 Å². The van der Waals surface area contributed by atoms with Gasteiger partial charge in [-0.15, -0.1) is 0 Å². The molecule has 2 aliphatic heterocycles. The van der Waals surface area contributed by atoms with Crippen molar-refractivity contribution in [3.63, 3.8) is 0 Å². The van der Waals surface area contributed by atoms with E-state index in [4.69, 9.17) is 35.0 Å². The van der Waals surface area contributed by atoms with Gasteiger partial charge in [0.2, 0.25) is 0 Å². The Labute approximate surface area is 135 Å². The number of hydrogen-bond acceptors (Lipinski definition) is 2. The van der Waals surface area contributed by atoms with Crippen molar-refractivity contribution in [2.45, 2.75) is 25.7 Å². The van der Waals surface area contributed by atoms with E-state index < -0.39 is 18.2 Å². The van der Waals surface area contributed by atoms with E-state index in [0.717, 1.165) is 26.4 Å². The molecule has 3 aliphatic rings. The molecule has 1 radical (unpaired) electrons. The molecule has 0 unspecified atom stereocenters. The van der Waals surface area contributed by atoms with Crippen molar-refractivity contribution in [1.29, 1.82) is 0 Å². The fraction of sp³-hybridized carbons (Fsp3) is 0.615. The minimum atomic E-state index is -2.13. The van der Waals surface area contributed by atoms with Gasteiger partial charge in [-0.3, -0.25) is 0 Å². The van der Waals surface area contributed by atoms with Gasteiger partial charge in [0.05, 0.1) is 0 Å². The molecule has 0 aromatic rings. The van der Waals surface area contributed by atoms with Gasteiger partial charge in [-0.1, -0.05) is 24.3 Å². The van der Waals surface area contributed by atoms with Gasteiger partial charge in [0.25, 0.3) is 0 Å². The first-order valence-electron chi connectivity index (χ1n) is 6.39. The van der Waals surface area contributed by atoms with Crippen LogP contribution < -0.4 is 0 Å². The van der Waals surface area contributed by atoms with Crippen LogP contribution in [-0.2, 0) is 27.6 Å². The number of ether oxygens (including phenoxy) is 2. The third-order valence-electron chi connectivity index (χ3n) is 2.21. The second-order valence-electron chi connectivity index (χ2n) is 3.82. The number of hydrogen-bond donors (Lipinski definition) is 0. The molecule has 0 bridgehead atoms. The van der Waals surface area contributed by atoms with E-state index >= 15 is 0 Å². The summed E-state index contributed by atoms with van der Waals surface area (Å²) >= 11 is -2.13. The number of halogens is 3. The van der Waals surface area contributed by atoms with Crippen molar-refractivity contribution < 1.29 is 27.6 Å². The molecule has 2 fully saturated rings. The summed E-state index contributed by atoms with van der Waals surface area (Å²) in [7, 11) is 15.0.